The third-order valence-corrected chi connectivity index (χ3v) is 1.55. The first kappa shape index (κ1) is 12.5. The van der Waals surface area contributed by atoms with Gasteiger partial charge in [0.2, 0.25) is 0 Å². The number of nitrogens with one attached hydrogen (secondary N) is 2. The van der Waals surface area contributed by atoms with Gasteiger partial charge in [-0.2, -0.15) is 13.2 Å². The first-order valence-corrected chi connectivity index (χ1v) is 4.45. The standard InChI is InChI=1S/C7H13F3N2S/c1-2-11-6(13)12-5-3-4-7(8,9)10/h2-5H2,1H3,(H2,11,12,13). The minimum Gasteiger partial charge on any atom is -0.363 e. The molecule has 0 aromatic rings. The molecule has 78 valence electrons. The molecule has 0 aliphatic heterocycles. The van der Waals surface area contributed by atoms with Crippen molar-refractivity contribution in [3.63, 3.8) is 0 Å². The molecule has 0 saturated heterocycles. The highest BCUT2D eigenvalue weighted by atomic mass is 32.1. The van der Waals surface area contributed by atoms with Crippen molar-refractivity contribution in [3.05, 3.63) is 0 Å². The van der Waals surface area contributed by atoms with Crippen molar-refractivity contribution in [2.45, 2.75) is 25.9 Å². The van der Waals surface area contributed by atoms with Gasteiger partial charge in [0.05, 0.1) is 0 Å². The first-order chi connectivity index (χ1) is 5.95. The fourth-order valence-electron chi connectivity index (χ4n) is 0.714. The molecule has 0 aliphatic carbocycles. The van der Waals surface area contributed by atoms with Crippen LogP contribution in [-0.2, 0) is 0 Å². The molecule has 2 nitrogen and oxygen atoms in total. The third-order valence-electron chi connectivity index (χ3n) is 1.26. The summed E-state index contributed by atoms with van der Waals surface area (Å²) in [5, 5.41) is 5.87. The molecule has 0 saturated carbocycles. The molecule has 2 N–H and O–H groups in total. The smallest absolute Gasteiger partial charge is 0.363 e. The van der Waals surface area contributed by atoms with Crippen molar-refractivity contribution in [1.82, 2.24) is 10.6 Å². The molecule has 0 amide bonds. The molecule has 0 heterocycles. The molecule has 0 aliphatic rings. The molecule has 0 unspecified atom stereocenters. The summed E-state index contributed by atoms with van der Waals surface area (Å²) in [6.07, 6.45) is -4.79. The summed E-state index contributed by atoms with van der Waals surface area (Å²) >= 11 is 4.76. The van der Waals surface area contributed by atoms with Crippen LogP contribution in [0.5, 0.6) is 0 Å². The van der Waals surface area contributed by atoms with E-state index in [2.05, 4.69) is 10.6 Å². The van der Waals surface area contributed by atoms with E-state index < -0.39 is 12.6 Å². The van der Waals surface area contributed by atoms with Crippen LogP contribution in [-0.4, -0.2) is 24.4 Å². The SMILES string of the molecule is CCNC(=S)NCCCC(F)(F)F. The highest BCUT2D eigenvalue weighted by Gasteiger charge is 2.25. The zero-order chi connectivity index (χ0) is 10.3. The van der Waals surface area contributed by atoms with Crippen LogP contribution in [0.15, 0.2) is 0 Å². The summed E-state index contributed by atoms with van der Waals surface area (Å²) in [5.74, 6) is 0. The predicted octanol–water partition coefficient (Wildman–Crippen LogP) is 1.81. The van der Waals surface area contributed by atoms with Gasteiger partial charge in [0, 0.05) is 19.5 Å². The second kappa shape index (κ2) is 6.01. The van der Waals surface area contributed by atoms with Gasteiger partial charge >= 0.3 is 6.18 Å². The monoisotopic (exact) mass is 214 g/mol. The number of hydrogen-bond acceptors (Lipinski definition) is 1. The van der Waals surface area contributed by atoms with Gasteiger partial charge in [0.25, 0.3) is 0 Å². The molecule has 0 rings (SSSR count). The second-order valence-corrected chi connectivity index (χ2v) is 2.91. The predicted molar refractivity (Wildman–Crippen MR) is 49.6 cm³/mol. The summed E-state index contributed by atoms with van der Waals surface area (Å²) in [5.41, 5.74) is 0. The third kappa shape index (κ3) is 9.39. The molecule has 0 bridgehead atoms. The topological polar surface area (TPSA) is 24.1 Å². The Balaban J connectivity index is 3.31. The number of alkyl halides is 3. The Hall–Kier alpha value is -0.520. The second-order valence-electron chi connectivity index (χ2n) is 2.50. The van der Waals surface area contributed by atoms with E-state index >= 15 is 0 Å². The number of hydrogen-bond donors (Lipinski definition) is 2. The summed E-state index contributed by atoms with van der Waals surface area (Å²) in [6, 6.07) is 0. The summed E-state index contributed by atoms with van der Waals surface area (Å²) in [6.45, 7) is 2.79. The lowest BCUT2D eigenvalue weighted by Gasteiger charge is -2.09. The van der Waals surface area contributed by atoms with Crippen LogP contribution in [0, 0.1) is 0 Å². The van der Waals surface area contributed by atoms with Gasteiger partial charge in [-0.25, -0.2) is 0 Å². The van der Waals surface area contributed by atoms with Crippen LogP contribution in [0.25, 0.3) is 0 Å². The van der Waals surface area contributed by atoms with Crippen LogP contribution in [0.2, 0.25) is 0 Å². The fourth-order valence-corrected chi connectivity index (χ4v) is 0.960. The van der Waals surface area contributed by atoms with E-state index in [-0.39, 0.29) is 13.0 Å². The van der Waals surface area contributed by atoms with Crippen LogP contribution in [0.4, 0.5) is 13.2 Å². The van der Waals surface area contributed by atoms with Gasteiger partial charge in [0.15, 0.2) is 5.11 Å². The normalized spacial score (nSPS) is 11.1. The van der Waals surface area contributed by atoms with E-state index in [0.717, 1.165) is 0 Å². The Morgan fingerprint density at radius 2 is 1.92 bits per heavy atom. The summed E-state index contributed by atoms with van der Waals surface area (Å²) < 4.78 is 35.0. The molecular weight excluding hydrogens is 201 g/mol. The van der Waals surface area contributed by atoms with Gasteiger partial charge in [0.1, 0.15) is 0 Å². The minimum absolute atomic E-state index is 0.0506. The quantitative estimate of drug-likeness (QED) is 0.551. The Bertz CT molecular complexity index is 158. The zero-order valence-corrected chi connectivity index (χ0v) is 8.19. The van der Waals surface area contributed by atoms with Gasteiger partial charge in [-0.1, -0.05) is 0 Å². The molecular formula is C7H13F3N2S. The molecule has 0 radical (unpaired) electrons. The van der Waals surface area contributed by atoms with Crippen molar-refractivity contribution in [2.75, 3.05) is 13.1 Å². The van der Waals surface area contributed by atoms with Crippen molar-refractivity contribution in [3.8, 4) is 0 Å². The molecule has 6 heteroatoms. The maximum absolute atomic E-state index is 11.7. The van der Waals surface area contributed by atoms with Crippen LogP contribution in [0.1, 0.15) is 19.8 Å². The van der Waals surface area contributed by atoms with E-state index in [1.54, 1.807) is 0 Å². The largest absolute Gasteiger partial charge is 0.389 e. The lowest BCUT2D eigenvalue weighted by Crippen LogP contribution is -2.35. The molecule has 0 spiro atoms. The highest BCUT2D eigenvalue weighted by molar-refractivity contribution is 7.80. The Morgan fingerprint density at radius 1 is 1.31 bits per heavy atom. The number of thiocarbonyl (C=S) groups is 1. The first-order valence-electron chi connectivity index (χ1n) is 4.04. The molecule has 13 heavy (non-hydrogen) atoms. The van der Waals surface area contributed by atoms with Crippen LogP contribution >= 0.6 is 12.2 Å². The minimum atomic E-state index is -4.07. The fraction of sp³-hybridized carbons (Fsp3) is 0.857. The van der Waals surface area contributed by atoms with Crippen LogP contribution in [0.3, 0.4) is 0 Å². The van der Waals surface area contributed by atoms with Crippen molar-refractivity contribution >= 4 is 17.3 Å². The molecule has 0 atom stereocenters. The van der Waals surface area contributed by atoms with E-state index in [9.17, 15) is 13.2 Å². The van der Waals surface area contributed by atoms with E-state index in [1.165, 1.54) is 0 Å². The zero-order valence-electron chi connectivity index (χ0n) is 7.37. The lowest BCUT2D eigenvalue weighted by molar-refractivity contribution is -0.135. The van der Waals surface area contributed by atoms with Gasteiger partial charge < -0.3 is 10.6 Å². The Morgan fingerprint density at radius 3 is 2.38 bits per heavy atom. The maximum atomic E-state index is 11.7. The van der Waals surface area contributed by atoms with E-state index in [1.807, 2.05) is 6.92 Å². The summed E-state index contributed by atoms with van der Waals surface area (Å²) in [7, 11) is 0. The maximum Gasteiger partial charge on any atom is 0.389 e. The van der Waals surface area contributed by atoms with Crippen LogP contribution < -0.4 is 10.6 Å². The molecule has 0 aromatic carbocycles. The van der Waals surface area contributed by atoms with Gasteiger partial charge in [-0.3, -0.25) is 0 Å². The van der Waals surface area contributed by atoms with Crippen molar-refractivity contribution in [2.24, 2.45) is 0 Å². The van der Waals surface area contributed by atoms with Gasteiger partial charge in [-0.05, 0) is 25.6 Å². The average Bonchev–Trinajstić information content (AvgIpc) is 1.97. The van der Waals surface area contributed by atoms with Gasteiger partial charge in [-0.15, -0.1) is 0 Å². The molecule has 0 fully saturated rings. The number of halogens is 3. The Labute approximate surface area is 80.9 Å². The number of rotatable bonds is 4. The average molecular weight is 214 g/mol. The van der Waals surface area contributed by atoms with E-state index in [0.29, 0.717) is 11.7 Å². The Kier molecular flexibility index (Phi) is 5.77. The van der Waals surface area contributed by atoms with Crippen molar-refractivity contribution in [1.29, 1.82) is 0 Å². The lowest BCUT2D eigenvalue weighted by atomic mass is 10.3. The summed E-state index contributed by atoms with van der Waals surface area (Å²) in [4.78, 5) is 0. The molecule has 0 aromatic heterocycles. The van der Waals surface area contributed by atoms with E-state index in [4.69, 9.17) is 12.2 Å². The highest BCUT2D eigenvalue weighted by Crippen LogP contribution is 2.20. The van der Waals surface area contributed by atoms with Crippen molar-refractivity contribution < 1.29 is 13.2 Å².